The van der Waals surface area contributed by atoms with Gasteiger partial charge in [-0.2, -0.15) is 0 Å². The molecule has 0 aromatic carbocycles. The van der Waals surface area contributed by atoms with E-state index in [1.807, 2.05) is 4.90 Å². The van der Waals surface area contributed by atoms with Crippen molar-refractivity contribution < 1.29 is 4.74 Å². The fourth-order valence-corrected chi connectivity index (χ4v) is 1.46. The summed E-state index contributed by atoms with van der Waals surface area (Å²) >= 11 is 0. The Hall–Kier alpha value is -1.36. The van der Waals surface area contributed by atoms with Gasteiger partial charge in [-0.15, -0.1) is 0 Å². The van der Waals surface area contributed by atoms with E-state index in [0.29, 0.717) is 5.82 Å². The maximum Gasteiger partial charge on any atom is 0.293 e. The van der Waals surface area contributed by atoms with Crippen LogP contribution in [0.2, 0.25) is 0 Å². The van der Waals surface area contributed by atoms with Crippen molar-refractivity contribution in [2.45, 2.75) is 6.10 Å². The number of ether oxygens (including phenoxy) is 1. The molecule has 5 heteroatoms. The van der Waals surface area contributed by atoms with E-state index in [1.165, 1.54) is 4.57 Å². The van der Waals surface area contributed by atoms with Crippen LogP contribution in [0.25, 0.3) is 0 Å². The molecule has 0 spiro atoms. The lowest BCUT2D eigenvalue weighted by atomic mass is 10.2. The Balaban J connectivity index is 2.19. The lowest BCUT2D eigenvalue weighted by Crippen LogP contribution is -2.54. The van der Waals surface area contributed by atoms with Crippen LogP contribution in [0.4, 0.5) is 5.82 Å². The standard InChI is InChI=1S/C9H13N3O2/c1-11-4-3-10-8(9(11)13)12-5-7(6-12)14-2/h3-4,7H,5-6H2,1-2H3. The van der Waals surface area contributed by atoms with Crippen molar-refractivity contribution in [3.05, 3.63) is 22.7 Å². The summed E-state index contributed by atoms with van der Waals surface area (Å²) in [5.41, 5.74) is -0.0537. The van der Waals surface area contributed by atoms with Gasteiger partial charge in [-0.05, 0) is 0 Å². The molecule has 1 saturated heterocycles. The van der Waals surface area contributed by atoms with Crippen molar-refractivity contribution in [3.8, 4) is 0 Å². The summed E-state index contributed by atoms with van der Waals surface area (Å²) < 4.78 is 6.66. The Morgan fingerprint density at radius 1 is 1.57 bits per heavy atom. The maximum absolute atomic E-state index is 11.6. The molecule has 0 radical (unpaired) electrons. The van der Waals surface area contributed by atoms with E-state index in [4.69, 9.17) is 4.74 Å². The maximum atomic E-state index is 11.6. The number of anilines is 1. The van der Waals surface area contributed by atoms with Crippen LogP contribution in [-0.2, 0) is 11.8 Å². The van der Waals surface area contributed by atoms with Crippen LogP contribution in [0, 0.1) is 0 Å². The van der Waals surface area contributed by atoms with Gasteiger partial charge in [-0.3, -0.25) is 4.79 Å². The molecule has 5 nitrogen and oxygen atoms in total. The van der Waals surface area contributed by atoms with Gasteiger partial charge in [0.25, 0.3) is 5.56 Å². The van der Waals surface area contributed by atoms with Crippen molar-refractivity contribution >= 4 is 5.82 Å². The monoisotopic (exact) mass is 195 g/mol. The lowest BCUT2D eigenvalue weighted by Gasteiger charge is -2.38. The summed E-state index contributed by atoms with van der Waals surface area (Å²) in [7, 11) is 3.40. The van der Waals surface area contributed by atoms with Gasteiger partial charge in [0.15, 0.2) is 5.82 Å². The molecular formula is C9H13N3O2. The Bertz CT molecular complexity index is 382. The van der Waals surface area contributed by atoms with Gasteiger partial charge in [0.05, 0.1) is 6.10 Å². The highest BCUT2D eigenvalue weighted by molar-refractivity contribution is 5.39. The Morgan fingerprint density at radius 2 is 2.29 bits per heavy atom. The molecule has 0 saturated carbocycles. The summed E-state index contributed by atoms with van der Waals surface area (Å²) in [6.45, 7) is 1.51. The second-order valence-electron chi connectivity index (χ2n) is 3.43. The zero-order chi connectivity index (χ0) is 10.1. The number of methoxy groups -OCH3 is 1. The molecule has 0 N–H and O–H groups in total. The largest absolute Gasteiger partial charge is 0.378 e. The normalized spacial score (nSPS) is 16.9. The number of aryl methyl sites for hydroxylation is 1. The van der Waals surface area contributed by atoms with E-state index in [-0.39, 0.29) is 11.7 Å². The fourth-order valence-electron chi connectivity index (χ4n) is 1.46. The number of hydrogen-bond donors (Lipinski definition) is 0. The first-order chi connectivity index (χ1) is 6.72. The summed E-state index contributed by atoms with van der Waals surface area (Å²) in [6, 6.07) is 0. The third-order valence-electron chi connectivity index (χ3n) is 2.48. The number of rotatable bonds is 2. The Morgan fingerprint density at radius 3 is 2.93 bits per heavy atom. The quantitative estimate of drug-likeness (QED) is 0.645. The van der Waals surface area contributed by atoms with Crippen LogP contribution >= 0.6 is 0 Å². The Labute approximate surface area is 81.9 Å². The lowest BCUT2D eigenvalue weighted by molar-refractivity contribution is 0.0781. The van der Waals surface area contributed by atoms with Crippen LogP contribution in [0.15, 0.2) is 17.2 Å². The number of aromatic nitrogens is 2. The van der Waals surface area contributed by atoms with Crippen LogP contribution in [0.5, 0.6) is 0 Å². The van der Waals surface area contributed by atoms with Crippen molar-refractivity contribution in [2.24, 2.45) is 7.05 Å². The number of hydrogen-bond acceptors (Lipinski definition) is 4. The third-order valence-corrected chi connectivity index (χ3v) is 2.48. The van der Waals surface area contributed by atoms with Gasteiger partial charge < -0.3 is 14.2 Å². The average Bonchev–Trinajstić information content (AvgIpc) is 2.10. The molecule has 0 aliphatic carbocycles. The summed E-state index contributed by atoms with van der Waals surface area (Å²) in [4.78, 5) is 17.6. The zero-order valence-electron chi connectivity index (χ0n) is 8.30. The first kappa shape index (κ1) is 9.21. The molecule has 0 atom stereocenters. The van der Waals surface area contributed by atoms with Gasteiger partial charge in [0.1, 0.15) is 0 Å². The molecular weight excluding hydrogens is 182 g/mol. The topological polar surface area (TPSA) is 47.4 Å². The average molecular weight is 195 g/mol. The van der Waals surface area contributed by atoms with Crippen LogP contribution in [-0.4, -0.2) is 35.9 Å². The van der Waals surface area contributed by atoms with Gasteiger partial charge in [-0.1, -0.05) is 0 Å². The summed E-state index contributed by atoms with van der Waals surface area (Å²) in [6.07, 6.45) is 3.53. The van der Waals surface area contributed by atoms with Gasteiger partial charge in [-0.25, -0.2) is 4.98 Å². The predicted molar refractivity (Wildman–Crippen MR) is 52.5 cm³/mol. The van der Waals surface area contributed by atoms with Crippen molar-refractivity contribution in [1.82, 2.24) is 9.55 Å². The molecule has 2 heterocycles. The minimum absolute atomic E-state index is 0.0537. The van der Waals surface area contributed by atoms with Gasteiger partial charge in [0, 0.05) is 39.6 Å². The van der Waals surface area contributed by atoms with E-state index < -0.39 is 0 Å². The van der Waals surface area contributed by atoms with Crippen LogP contribution in [0.3, 0.4) is 0 Å². The van der Waals surface area contributed by atoms with Gasteiger partial charge >= 0.3 is 0 Å². The second-order valence-corrected chi connectivity index (χ2v) is 3.43. The molecule has 1 aromatic rings. The van der Waals surface area contributed by atoms with Crippen molar-refractivity contribution in [1.29, 1.82) is 0 Å². The van der Waals surface area contributed by atoms with Crippen LogP contribution < -0.4 is 10.5 Å². The predicted octanol–water partition coefficient (Wildman–Crippen LogP) is -0.385. The first-order valence-electron chi connectivity index (χ1n) is 4.51. The first-order valence-corrected chi connectivity index (χ1v) is 4.51. The summed E-state index contributed by atoms with van der Waals surface area (Å²) in [5.74, 6) is 0.517. The molecule has 0 unspecified atom stereocenters. The van der Waals surface area contributed by atoms with E-state index >= 15 is 0 Å². The highest BCUT2D eigenvalue weighted by Crippen LogP contribution is 2.15. The number of nitrogens with zero attached hydrogens (tertiary/aromatic N) is 3. The molecule has 14 heavy (non-hydrogen) atoms. The Kier molecular flexibility index (Phi) is 2.25. The summed E-state index contributed by atoms with van der Waals surface area (Å²) in [5, 5.41) is 0. The minimum Gasteiger partial charge on any atom is -0.378 e. The van der Waals surface area contributed by atoms with Crippen molar-refractivity contribution in [3.63, 3.8) is 0 Å². The molecule has 0 amide bonds. The molecule has 1 fully saturated rings. The molecule has 1 aliphatic heterocycles. The molecule has 1 aliphatic rings. The van der Waals surface area contributed by atoms with E-state index in [2.05, 4.69) is 4.98 Å². The third kappa shape index (κ3) is 1.39. The minimum atomic E-state index is -0.0537. The van der Waals surface area contributed by atoms with Crippen molar-refractivity contribution in [2.75, 3.05) is 25.1 Å². The van der Waals surface area contributed by atoms with E-state index in [0.717, 1.165) is 13.1 Å². The smallest absolute Gasteiger partial charge is 0.293 e. The fraction of sp³-hybridized carbons (Fsp3) is 0.556. The highest BCUT2D eigenvalue weighted by Gasteiger charge is 2.29. The second kappa shape index (κ2) is 3.42. The molecule has 76 valence electrons. The zero-order valence-corrected chi connectivity index (χ0v) is 8.30. The van der Waals surface area contributed by atoms with Crippen LogP contribution in [0.1, 0.15) is 0 Å². The molecule has 1 aromatic heterocycles. The van der Waals surface area contributed by atoms with E-state index in [1.54, 1.807) is 26.6 Å². The highest BCUT2D eigenvalue weighted by atomic mass is 16.5. The SMILES string of the molecule is COC1CN(c2nccn(C)c2=O)C1. The molecule has 2 rings (SSSR count). The van der Waals surface area contributed by atoms with Gasteiger partial charge in [0.2, 0.25) is 0 Å². The van der Waals surface area contributed by atoms with E-state index in [9.17, 15) is 4.79 Å². The molecule has 0 bridgehead atoms.